The lowest BCUT2D eigenvalue weighted by Crippen LogP contribution is -2.40. The monoisotopic (exact) mass is 279 g/mol. The van der Waals surface area contributed by atoms with Crippen molar-refractivity contribution >= 4 is 6.08 Å². The van der Waals surface area contributed by atoms with Gasteiger partial charge in [-0.1, -0.05) is 79.7 Å². The average Bonchev–Trinajstić information content (AvgIpc) is 2.53. The first-order valence-corrected chi connectivity index (χ1v) is 7.63. The molecule has 0 fully saturated rings. The lowest BCUT2D eigenvalue weighted by Gasteiger charge is -2.39. The molecule has 2 aromatic rings. The highest BCUT2D eigenvalue weighted by atomic mass is 15.1. The van der Waals surface area contributed by atoms with Gasteiger partial charge in [-0.05, 0) is 38.1 Å². The molecule has 1 atom stereocenters. The zero-order valence-corrected chi connectivity index (χ0v) is 13.3. The summed E-state index contributed by atoms with van der Waals surface area (Å²) in [7, 11) is 4.35. The molecule has 1 heteroatoms. The number of nitrogens with zero attached hydrogens (tertiary/aromatic N) is 1. The van der Waals surface area contributed by atoms with Crippen molar-refractivity contribution in [1.82, 2.24) is 4.90 Å². The van der Waals surface area contributed by atoms with Gasteiger partial charge in [0.25, 0.3) is 0 Å². The van der Waals surface area contributed by atoms with Gasteiger partial charge in [-0.25, -0.2) is 0 Å². The molecule has 0 aliphatic rings. The van der Waals surface area contributed by atoms with Crippen LogP contribution in [0.3, 0.4) is 0 Å². The number of benzene rings is 2. The number of rotatable bonds is 6. The summed E-state index contributed by atoms with van der Waals surface area (Å²) in [5.41, 5.74) is 2.71. The van der Waals surface area contributed by atoms with Crippen LogP contribution in [0.5, 0.6) is 0 Å². The van der Waals surface area contributed by atoms with E-state index < -0.39 is 0 Å². The number of hydrogen-bond acceptors (Lipinski definition) is 1. The van der Waals surface area contributed by atoms with Crippen molar-refractivity contribution in [2.45, 2.75) is 25.3 Å². The summed E-state index contributed by atoms with van der Waals surface area (Å²) in [6.45, 7) is 2.27. The molecule has 1 nitrogen and oxygen atoms in total. The predicted octanol–water partition coefficient (Wildman–Crippen LogP) is 4.96. The normalized spacial score (nSPS) is 14.5. The first-order valence-electron chi connectivity index (χ1n) is 7.63. The molecule has 0 aliphatic carbocycles. The molecular weight excluding hydrogens is 254 g/mol. The van der Waals surface area contributed by atoms with Crippen molar-refractivity contribution in [1.29, 1.82) is 0 Å². The maximum atomic E-state index is 2.34. The molecule has 0 amide bonds. The molecule has 0 aliphatic heterocycles. The van der Waals surface area contributed by atoms with Gasteiger partial charge in [0.2, 0.25) is 0 Å². The van der Waals surface area contributed by atoms with Crippen LogP contribution in [0.1, 0.15) is 30.9 Å². The summed E-state index contributed by atoms with van der Waals surface area (Å²) in [5, 5.41) is 0. The van der Waals surface area contributed by atoms with Crippen LogP contribution in [-0.2, 0) is 5.54 Å². The van der Waals surface area contributed by atoms with Gasteiger partial charge in [0, 0.05) is 5.54 Å². The molecule has 2 aromatic carbocycles. The second-order valence-electron chi connectivity index (χ2n) is 5.66. The zero-order valence-electron chi connectivity index (χ0n) is 13.3. The quantitative estimate of drug-likeness (QED) is 0.722. The van der Waals surface area contributed by atoms with Crippen LogP contribution >= 0.6 is 0 Å². The van der Waals surface area contributed by atoms with E-state index in [-0.39, 0.29) is 5.54 Å². The first kappa shape index (κ1) is 15.5. The third kappa shape index (κ3) is 3.62. The van der Waals surface area contributed by atoms with Gasteiger partial charge in [0.05, 0.1) is 0 Å². The van der Waals surface area contributed by atoms with E-state index in [4.69, 9.17) is 0 Å². The molecule has 0 saturated carbocycles. The molecular formula is C20H25N. The topological polar surface area (TPSA) is 3.24 Å². The predicted molar refractivity (Wildman–Crippen MR) is 92.2 cm³/mol. The molecule has 0 spiro atoms. The molecule has 0 saturated heterocycles. The van der Waals surface area contributed by atoms with E-state index in [2.05, 4.69) is 98.7 Å². The Morgan fingerprint density at radius 3 is 2.00 bits per heavy atom. The highest BCUT2D eigenvalue weighted by Gasteiger charge is 2.31. The molecule has 2 rings (SSSR count). The van der Waals surface area contributed by atoms with Gasteiger partial charge in [0.15, 0.2) is 0 Å². The van der Waals surface area contributed by atoms with Crippen LogP contribution in [0.25, 0.3) is 6.08 Å². The third-order valence-corrected chi connectivity index (χ3v) is 4.32. The van der Waals surface area contributed by atoms with Crippen molar-refractivity contribution in [3.8, 4) is 0 Å². The van der Waals surface area contributed by atoms with Gasteiger partial charge in [-0.3, -0.25) is 4.90 Å². The molecule has 0 aromatic heterocycles. The van der Waals surface area contributed by atoms with Crippen LogP contribution in [0.4, 0.5) is 0 Å². The third-order valence-electron chi connectivity index (χ3n) is 4.32. The zero-order chi connectivity index (χ0) is 15.1. The van der Waals surface area contributed by atoms with Crippen molar-refractivity contribution < 1.29 is 0 Å². The minimum atomic E-state index is 0.0620. The Bertz CT molecular complexity index is 557. The molecule has 0 N–H and O–H groups in total. The van der Waals surface area contributed by atoms with Gasteiger partial charge in [-0.2, -0.15) is 0 Å². The summed E-state index contributed by atoms with van der Waals surface area (Å²) in [4.78, 5) is 2.34. The second kappa shape index (κ2) is 7.24. The maximum Gasteiger partial charge on any atom is 0.0486 e. The SMILES string of the molecule is CCC(CC=Cc1ccccc1)(c1ccccc1)N(C)C. The second-order valence-corrected chi connectivity index (χ2v) is 5.66. The largest absolute Gasteiger partial charge is 0.299 e. The van der Waals surface area contributed by atoms with Crippen molar-refractivity contribution in [2.75, 3.05) is 14.1 Å². The van der Waals surface area contributed by atoms with Gasteiger partial charge < -0.3 is 0 Å². The average molecular weight is 279 g/mol. The summed E-state index contributed by atoms with van der Waals surface area (Å²) in [6, 6.07) is 21.3. The molecule has 0 bridgehead atoms. The van der Waals surface area contributed by atoms with Gasteiger partial charge in [-0.15, -0.1) is 0 Å². The van der Waals surface area contributed by atoms with Crippen molar-refractivity contribution in [3.63, 3.8) is 0 Å². The highest BCUT2D eigenvalue weighted by Crippen LogP contribution is 2.34. The molecule has 0 heterocycles. The maximum absolute atomic E-state index is 2.34. The van der Waals surface area contributed by atoms with Crippen molar-refractivity contribution in [2.24, 2.45) is 0 Å². The van der Waals surface area contributed by atoms with Crippen LogP contribution in [-0.4, -0.2) is 19.0 Å². The highest BCUT2D eigenvalue weighted by molar-refractivity contribution is 5.49. The molecule has 21 heavy (non-hydrogen) atoms. The first-order chi connectivity index (χ1) is 10.2. The van der Waals surface area contributed by atoms with E-state index in [0.717, 1.165) is 12.8 Å². The Hall–Kier alpha value is -1.86. The molecule has 1 unspecified atom stereocenters. The van der Waals surface area contributed by atoms with Crippen LogP contribution in [0.15, 0.2) is 66.7 Å². The van der Waals surface area contributed by atoms with E-state index in [0.29, 0.717) is 0 Å². The van der Waals surface area contributed by atoms with Gasteiger partial charge >= 0.3 is 0 Å². The standard InChI is InChI=1S/C20H25N/c1-4-20(21(2)3,19-15-9-6-10-16-19)17-11-14-18-12-7-5-8-13-18/h5-16H,4,17H2,1-3H3. The lowest BCUT2D eigenvalue weighted by molar-refractivity contribution is 0.148. The smallest absolute Gasteiger partial charge is 0.0486 e. The summed E-state index contributed by atoms with van der Waals surface area (Å²) in [5.74, 6) is 0. The summed E-state index contributed by atoms with van der Waals surface area (Å²) < 4.78 is 0. The summed E-state index contributed by atoms with van der Waals surface area (Å²) >= 11 is 0. The van der Waals surface area contributed by atoms with Gasteiger partial charge in [0.1, 0.15) is 0 Å². The Morgan fingerprint density at radius 1 is 0.905 bits per heavy atom. The number of hydrogen-bond donors (Lipinski definition) is 0. The lowest BCUT2D eigenvalue weighted by atomic mass is 9.82. The fourth-order valence-corrected chi connectivity index (χ4v) is 2.93. The Morgan fingerprint density at radius 2 is 1.48 bits per heavy atom. The van der Waals surface area contributed by atoms with Crippen LogP contribution < -0.4 is 0 Å². The van der Waals surface area contributed by atoms with E-state index in [1.165, 1.54) is 11.1 Å². The van der Waals surface area contributed by atoms with Crippen LogP contribution in [0, 0.1) is 0 Å². The van der Waals surface area contributed by atoms with E-state index in [1.54, 1.807) is 0 Å². The van der Waals surface area contributed by atoms with Crippen LogP contribution in [0.2, 0.25) is 0 Å². The van der Waals surface area contributed by atoms with Crippen molar-refractivity contribution in [3.05, 3.63) is 77.9 Å². The Balaban J connectivity index is 2.24. The Kier molecular flexibility index (Phi) is 5.35. The van der Waals surface area contributed by atoms with E-state index in [1.807, 2.05) is 0 Å². The van der Waals surface area contributed by atoms with E-state index >= 15 is 0 Å². The summed E-state index contributed by atoms with van der Waals surface area (Å²) in [6.07, 6.45) is 6.61. The minimum Gasteiger partial charge on any atom is -0.299 e. The minimum absolute atomic E-state index is 0.0620. The molecule has 110 valence electrons. The van der Waals surface area contributed by atoms with E-state index in [9.17, 15) is 0 Å². The fourth-order valence-electron chi connectivity index (χ4n) is 2.93. The molecule has 0 radical (unpaired) electrons. The fraction of sp³-hybridized carbons (Fsp3) is 0.300. The Labute approximate surface area is 128 Å².